The van der Waals surface area contributed by atoms with Crippen LogP contribution in [0.15, 0.2) is 53.4 Å². The molecule has 0 saturated carbocycles. The molecular formula is C23H31N3O3S. The molecule has 0 bridgehead atoms. The van der Waals surface area contributed by atoms with Crippen LogP contribution >= 0.6 is 0 Å². The molecule has 1 aliphatic rings. The molecule has 6 nitrogen and oxygen atoms in total. The topological polar surface area (TPSA) is 60.9 Å². The summed E-state index contributed by atoms with van der Waals surface area (Å²) in [7, 11) is -1.58. The van der Waals surface area contributed by atoms with Gasteiger partial charge >= 0.3 is 0 Å². The highest BCUT2D eigenvalue weighted by atomic mass is 32.2. The second-order valence-electron chi connectivity index (χ2n) is 7.94. The minimum Gasteiger partial charge on any atom is -0.339 e. The average molecular weight is 430 g/mol. The number of carbonyl (C=O) groups is 1. The minimum atomic E-state index is -3.51. The van der Waals surface area contributed by atoms with E-state index < -0.39 is 10.0 Å². The summed E-state index contributed by atoms with van der Waals surface area (Å²) in [6.45, 7) is 6.57. The molecule has 3 rings (SSSR count). The first-order valence-corrected chi connectivity index (χ1v) is 11.8. The van der Waals surface area contributed by atoms with Gasteiger partial charge in [-0.1, -0.05) is 48.9 Å². The molecule has 0 unspecified atom stereocenters. The van der Waals surface area contributed by atoms with Crippen LogP contribution in [0.5, 0.6) is 0 Å². The van der Waals surface area contributed by atoms with Crippen molar-refractivity contribution in [2.75, 3.05) is 39.8 Å². The van der Waals surface area contributed by atoms with Gasteiger partial charge < -0.3 is 4.90 Å². The lowest BCUT2D eigenvalue weighted by Crippen LogP contribution is -2.52. The van der Waals surface area contributed by atoms with Crippen molar-refractivity contribution in [3.8, 4) is 0 Å². The number of likely N-dealkylation sites (N-methyl/N-ethyl adjacent to an activating group) is 1. The number of hydrogen-bond acceptors (Lipinski definition) is 4. The molecule has 2 aromatic carbocycles. The predicted molar refractivity (Wildman–Crippen MR) is 119 cm³/mol. The molecular weight excluding hydrogens is 398 g/mol. The minimum absolute atomic E-state index is 0.0371. The van der Waals surface area contributed by atoms with Gasteiger partial charge in [0.05, 0.1) is 11.4 Å². The zero-order valence-electron chi connectivity index (χ0n) is 18.0. The number of nitrogens with zero attached hydrogens (tertiary/aromatic N) is 3. The van der Waals surface area contributed by atoms with Crippen LogP contribution in [0.25, 0.3) is 0 Å². The lowest BCUT2D eigenvalue weighted by Gasteiger charge is -2.34. The molecule has 162 valence electrons. The molecule has 1 saturated heterocycles. The lowest BCUT2D eigenvalue weighted by atomic mass is 10.1. The summed E-state index contributed by atoms with van der Waals surface area (Å²) in [5, 5.41) is 0. The summed E-state index contributed by atoms with van der Waals surface area (Å²) in [5.74, 6) is 0.0371. The molecule has 7 heteroatoms. The molecule has 0 atom stereocenters. The zero-order chi connectivity index (χ0) is 21.7. The van der Waals surface area contributed by atoms with E-state index in [0.29, 0.717) is 44.2 Å². The Morgan fingerprint density at radius 3 is 2.07 bits per heavy atom. The quantitative estimate of drug-likeness (QED) is 0.679. The van der Waals surface area contributed by atoms with Crippen molar-refractivity contribution in [1.82, 2.24) is 14.1 Å². The number of benzene rings is 2. The molecule has 0 N–H and O–H groups in total. The fraction of sp³-hybridized carbons (Fsp3) is 0.435. The Bertz CT molecular complexity index is 948. The number of amides is 1. The maximum atomic E-state index is 12.8. The second kappa shape index (κ2) is 9.73. The number of sulfonamides is 1. The Balaban J connectivity index is 1.51. The van der Waals surface area contributed by atoms with Gasteiger partial charge in [0, 0.05) is 32.7 Å². The van der Waals surface area contributed by atoms with E-state index in [9.17, 15) is 13.2 Å². The highest BCUT2D eigenvalue weighted by molar-refractivity contribution is 7.89. The third-order valence-electron chi connectivity index (χ3n) is 5.54. The lowest BCUT2D eigenvalue weighted by molar-refractivity contribution is -0.133. The van der Waals surface area contributed by atoms with Crippen molar-refractivity contribution in [2.45, 2.75) is 31.7 Å². The smallest absolute Gasteiger partial charge is 0.243 e. The van der Waals surface area contributed by atoms with Gasteiger partial charge in [-0.05, 0) is 43.7 Å². The molecule has 0 aliphatic carbocycles. The Labute approximate surface area is 180 Å². The number of aryl methyl sites for hydroxylation is 2. The third kappa shape index (κ3) is 5.47. The van der Waals surface area contributed by atoms with Crippen LogP contribution in [-0.2, 0) is 27.8 Å². The molecule has 0 aromatic heterocycles. The van der Waals surface area contributed by atoms with Gasteiger partial charge in [0.1, 0.15) is 0 Å². The van der Waals surface area contributed by atoms with Crippen LogP contribution in [-0.4, -0.2) is 68.2 Å². The van der Waals surface area contributed by atoms with E-state index in [1.54, 1.807) is 29.2 Å². The zero-order valence-corrected chi connectivity index (χ0v) is 18.9. The maximum Gasteiger partial charge on any atom is 0.243 e. The third-order valence-corrected chi connectivity index (χ3v) is 7.45. The fourth-order valence-corrected chi connectivity index (χ4v) is 5.04. The fourth-order valence-electron chi connectivity index (χ4n) is 3.62. The van der Waals surface area contributed by atoms with Crippen LogP contribution in [0.2, 0.25) is 0 Å². The number of carbonyl (C=O) groups excluding carboxylic acids is 1. The van der Waals surface area contributed by atoms with Crippen molar-refractivity contribution in [2.24, 2.45) is 0 Å². The summed E-state index contributed by atoms with van der Waals surface area (Å²) in [4.78, 5) is 16.7. The van der Waals surface area contributed by atoms with Crippen molar-refractivity contribution in [3.63, 3.8) is 0 Å². The van der Waals surface area contributed by atoms with Crippen LogP contribution in [0.4, 0.5) is 0 Å². The number of piperazine rings is 1. The van der Waals surface area contributed by atoms with Crippen LogP contribution in [0.1, 0.15) is 23.6 Å². The summed E-state index contributed by atoms with van der Waals surface area (Å²) in [5.41, 5.74) is 3.50. The van der Waals surface area contributed by atoms with Crippen LogP contribution in [0.3, 0.4) is 0 Å². The van der Waals surface area contributed by atoms with Crippen molar-refractivity contribution in [1.29, 1.82) is 0 Å². The molecule has 0 radical (unpaired) electrons. The standard InChI is InChI=1S/C23H31N3O3S/c1-4-20-7-9-21(10-8-20)17-24(3)18-23(27)25-13-15-26(16-14-25)30(28,29)22-11-5-19(2)6-12-22/h5-12H,4,13-18H2,1-3H3. The van der Waals surface area contributed by atoms with E-state index in [2.05, 4.69) is 31.2 Å². The van der Waals surface area contributed by atoms with Gasteiger partial charge in [-0.3, -0.25) is 9.69 Å². The predicted octanol–water partition coefficient (Wildman–Crippen LogP) is 2.52. The first-order chi connectivity index (χ1) is 14.3. The largest absolute Gasteiger partial charge is 0.339 e. The normalized spacial score (nSPS) is 15.5. The molecule has 1 fully saturated rings. The molecule has 2 aromatic rings. The van der Waals surface area contributed by atoms with E-state index >= 15 is 0 Å². The Morgan fingerprint density at radius 2 is 1.50 bits per heavy atom. The van der Waals surface area contributed by atoms with E-state index in [4.69, 9.17) is 0 Å². The SMILES string of the molecule is CCc1ccc(CN(C)CC(=O)N2CCN(S(=O)(=O)c3ccc(C)cc3)CC2)cc1. The summed E-state index contributed by atoms with van der Waals surface area (Å²) in [6.07, 6.45) is 1.01. The highest BCUT2D eigenvalue weighted by Gasteiger charge is 2.30. The second-order valence-corrected chi connectivity index (χ2v) is 9.88. The van der Waals surface area contributed by atoms with Gasteiger partial charge in [0.15, 0.2) is 0 Å². The van der Waals surface area contributed by atoms with Crippen molar-refractivity contribution in [3.05, 3.63) is 65.2 Å². The van der Waals surface area contributed by atoms with Crippen molar-refractivity contribution >= 4 is 15.9 Å². The van der Waals surface area contributed by atoms with Gasteiger partial charge in [-0.2, -0.15) is 4.31 Å². The number of rotatable bonds is 7. The first kappa shape index (κ1) is 22.5. The molecule has 1 amide bonds. The Kier molecular flexibility index (Phi) is 7.28. The molecule has 1 heterocycles. The monoisotopic (exact) mass is 429 g/mol. The summed E-state index contributed by atoms with van der Waals surface area (Å²) >= 11 is 0. The van der Waals surface area contributed by atoms with Gasteiger partial charge in [0.25, 0.3) is 0 Å². The Hall–Kier alpha value is -2.22. The van der Waals surface area contributed by atoms with E-state index in [0.717, 1.165) is 12.0 Å². The molecule has 1 aliphatic heterocycles. The highest BCUT2D eigenvalue weighted by Crippen LogP contribution is 2.18. The van der Waals surface area contributed by atoms with Gasteiger partial charge in [-0.15, -0.1) is 0 Å². The first-order valence-electron chi connectivity index (χ1n) is 10.4. The molecule has 0 spiro atoms. The Morgan fingerprint density at radius 1 is 0.933 bits per heavy atom. The summed E-state index contributed by atoms with van der Waals surface area (Å²) in [6, 6.07) is 15.4. The maximum absolute atomic E-state index is 12.8. The van der Waals surface area contributed by atoms with Crippen LogP contribution in [0, 0.1) is 6.92 Å². The number of hydrogen-bond donors (Lipinski definition) is 0. The van der Waals surface area contributed by atoms with E-state index in [1.165, 1.54) is 15.4 Å². The summed E-state index contributed by atoms with van der Waals surface area (Å²) < 4.78 is 27.1. The van der Waals surface area contributed by atoms with Crippen LogP contribution < -0.4 is 0 Å². The average Bonchev–Trinajstić information content (AvgIpc) is 2.74. The molecule has 30 heavy (non-hydrogen) atoms. The van der Waals surface area contributed by atoms with E-state index in [-0.39, 0.29) is 5.91 Å². The van der Waals surface area contributed by atoms with Crippen molar-refractivity contribution < 1.29 is 13.2 Å². The van der Waals surface area contributed by atoms with Gasteiger partial charge in [0.2, 0.25) is 15.9 Å². The van der Waals surface area contributed by atoms with Gasteiger partial charge in [-0.25, -0.2) is 8.42 Å². The van der Waals surface area contributed by atoms with E-state index in [1.807, 2.05) is 18.9 Å².